The fourth-order valence-corrected chi connectivity index (χ4v) is 5.37. The molecule has 1 aliphatic heterocycles. The summed E-state index contributed by atoms with van der Waals surface area (Å²) in [6.45, 7) is 5.92. The van der Waals surface area contributed by atoms with Gasteiger partial charge in [-0.25, -0.2) is 8.42 Å². The summed E-state index contributed by atoms with van der Waals surface area (Å²) in [5.74, 6) is 1.04. The molecular weight excluding hydrogens is 286 g/mol. The van der Waals surface area contributed by atoms with Crippen molar-refractivity contribution in [3.8, 4) is 0 Å². The van der Waals surface area contributed by atoms with Gasteiger partial charge in [-0.05, 0) is 26.3 Å². The highest BCUT2D eigenvalue weighted by atomic mass is 32.2. The van der Waals surface area contributed by atoms with E-state index in [4.69, 9.17) is 4.42 Å². The van der Waals surface area contributed by atoms with Crippen LogP contribution in [0, 0.1) is 0 Å². The number of sulfone groups is 1. The summed E-state index contributed by atoms with van der Waals surface area (Å²) in [5.41, 5.74) is 1.49. The number of para-hydroxylation sites is 1. The Labute approximate surface area is 125 Å². The number of nitrogens with one attached hydrogen (secondary N) is 1. The maximum absolute atomic E-state index is 12.2. The molecule has 1 saturated heterocycles. The summed E-state index contributed by atoms with van der Waals surface area (Å²) in [7, 11) is -3.07. The summed E-state index contributed by atoms with van der Waals surface area (Å²) in [5, 5.41) is 4.51. The van der Waals surface area contributed by atoms with E-state index in [2.05, 4.69) is 12.2 Å². The molecule has 3 rings (SSSR count). The molecule has 0 amide bonds. The SMILES string of the molecule is CCc1c(C2CS(=O)(=O)CC(C)(C)N2)oc2ccccc12. The van der Waals surface area contributed by atoms with Gasteiger partial charge >= 0.3 is 0 Å². The Morgan fingerprint density at radius 1 is 1.33 bits per heavy atom. The minimum atomic E-state index is -3.07. The average molecular weight is 307 g/mol. The maximum atomic E-state index is 12.2. The fraction of sp³-hybridized carbons (Fsp3) is 0.500. The molecular formula is C16H21NO3S. The molecule has 1 fully saturated rings. The van der Waals surface area contributed by atoms with Crippen molar-refractivity contribution in [3.63, 3.8) is 0 Å². The second kappa shape index (κ2) is 4.85. The van der Waals surface area contributed by atoms with Crippen LogP contribution in [-0.2, 0) is 16.3 Å². The first-order valence-electron chi connectivity index (χ1n) is 7.30. The molecule has 0 spiro atoms. The lowest BCUT2D eigenvalue weighted by atomic mass is 10.0. The lowest BCUT2D eigenvalue weighted by Gasteiger charge is -2.36. The minimum absolute atomic E-state index is 0.100. The van der Waals surface area contributed by atoms with Crippen LogP contribution in [0.1, 0.15) is 38.1 Å². The predicted molar refractivity (Wildman–Crippen MR) is 84.2 cm³/mol. The van der Waals surface area contributed by atoms with Gasteiger partial charge in [0, 0.05) is 16.5 Å². The molecule has 0 aliphatic carbocycles. The number of aryl methyl sites for hydroxylation is 1. The van der Waals surface area contributed by atoms with Gasteiger partial charge in [-0.2, -0.15) is 0 Å². The van der Waals surface area contributed by atoms with Crippen LogP contribution in [0.15, 0.2) is 28.7 Å². The highest BCUT2D eigenvalue weighted by molar-refractivity contribution is 7.91. The third kappa shape index (κ3) is 2.72. The van der Waals surface area contributed by atoms with Crippen molar-refractivity contribution in [1.29, 1.82) is 0 Å². The molecule has 114 valence electrons. The molecule has 0 radical (unpaired) electrons. The van der Waals surface area contributed by atoms with E-state index in [0.717, 1.165) is 28.7 Å². The van der Waals surface area contributed by atoms with Crippen LogP contribution < -0.4 is 5.32 Å². The van der Waals surface area contributed by atoms with Crippen molar-refractivity contribution < 1.29 is 12.8 Å². The van der Waals surface area contributed by atoms with Crippen molar-refractivity contribution in [2.75, 3.05) is 11.5 Å². The zero-order valence-corrected chi connectivity index (χ0v) is 13.5. The van der Waals surface area contributed by atoms with Crippen molar-refractivity contribution in [2.45, 2.75) is 38.8 Å². The minimum Gasteiger partial charge on any atom is -0.459 e. The first-order valence-corrected chi connectivity index (χ1v) is 9.12. The van der Waals surface area contributed by atoms with E-state index in [1.165, 1.54) is 0 Å². The van der Waals surface area contributed by atoms with Gasteiger partial charge in [0.15, 0.2) is 9.84 Å². The number of furan rings is 1. The van der Waals surface area contributed by atoms with Crippen molar-refractivity contribution in [3.05, 3.63) is 35.6 Å². The van der Waals surface area contributed by atoms with Gasteiger partial charge in [-0.15, -0.1) is 0 Å². The normalized spacial score (nSPS) is 24.2. The summed E-state index contributed by atoms with van der Waals surface area (Å²) in [4.78, 5) is 0. The third-order valence-corrected chi connectivity index (χ3v) is 5.97. The van der Waals surface area contributed by atoms with E-state index in [-0.39, 0.29) is 17.5 Å². The molecule has 0 saturated carbocycles. The Morgan fingerprint density at radius 2 is 2.05 bits per heavy atom. The fourth-order valence-electron chi connectivity index (χ4n) is 3.32. The second-order valence-corrected chi connectivity index (χ2v) is 8.54. The maximum Gasteiger partial charge on any atom is 0.154 e. The number of hydrogen-bond donors (Lipinski definition) is 1. The van der Waals surface area contributed by atoms with Gasteiger partial charge in [0.25, 0.3) is 0 Å². The van der Waals surface area contributed by atoms with E-state index in [1.54, 1.807) is 0 Å². The Hall–Kier alpha value is -1.33. The van der Waals surface area contributed by atoms with E-state index >= 15 is 0 Å². The van der Waals surface area contributed by atoms with Crippen LogP contribution >= 0.6 is 0 Å². The van der Waals surface area contributed by atoms with E-state index in [1.807, 2.05) is 38.1 Å². The molecule has 4 nitrogen and oxygen atoms in total. The van der Waals surface area contributed by atoms with E-state index in [0.29, 0.717) is 0 Å². The molecule has 1 N–H and O–H groups in total. The average Bonchev–Trinajstić information content (AvgIpc) is 2.73. The number of fused-ring (bicyclic) bond motifs is 1. The van der Waals surface area contributed by atoms with E-state index in [9.17, 15) is 8.42 Å². The predicted octanol–water partition coefficient (Wildman–Crippen LogP) is 2.83. The van der Waals surface area contributed by atoms with Crippen molar-refractivity contribution in [1.82, 2.24) is 5.32 Å². The lowest BCUT2D eigenvalue weighted by molar-refractivity contribution is 0.328. The second-order valence-electron chi connectivity index (χ2n) is 6.43. The topological polar surface area (TPSA) is 59.3 Å². The Morgan fingerprint density at radius 3 is 2.71 bits per heavy atom. The summed E-state index contributed by atoms with van der Waals surface area (Å²) < 4.78 is 30.4. The van der Waals surface area contributed by atoms with Crippen LogP contribution in [-0.4, -0.2) is 25.5 Å². The Balaban J connectivity index is 2.11. The van der Waals surface area contributed by atoms with Gasteiger partial charge in [-0.1, -0.05) is 25.1 Å². The molecule has 0 bridgehead atoms. The smallest absolute Gasteiger partial charge is 0.154 e. The highest BCUT2D eigenvalue weighted by Crippen LogP contribution is 2.34. The van der Waals surface area contributed by atoms with Gasteiger partial charge in [-0.3, -0.25) is 0 Å². The van der Waals surface area contributed by atoms with Crippen LogP contribution in [0.3, 0.4) is 0 Å². The van der Waals surface area contributed by atoms with Crippen LogP contribution in [0.5, 0.6) is 0 Å². The quantitative estimate of drug-likeness (QED) is 0.927. The lowest BCUT2D eigenvalue weighted by Crippen LogP contribution is -2.54. The molecule has 1 unspecified atom stereocenters. The Kier molecular flexibility index (Phi) is 3.37. The van der Waals surface area contributed by atoms with Crippen molar-refractivity contribution >= 4 is 20.8 Å². The molecule has 1 aliphatic rings. The molecule has 1 atom stereocenters. The molecule has 2 heterocycles. The highest BCUT2D eigenvalue weighted by Gasteiger charge is 2.39. The number of rotatable bonds is 2. The van der Waals surface area contributed by atoms with E-state index < -0.39 is 15.4 Å². The summed E-state index contributed by atoms with van der Waals surface area (Å²) >= 11 is 0. The van der Waals surface area contributed by atoms with Crippen LogP contribution in [0.25, 0.3) is 11.0 Å². The molecule has 1 aromatic heterocycles. The van der Waals surface area contributed by atoms with Crippen LogP contribution in [0.4, 0.5) is 0 Å². The summed E-state index contributed by atoms with van der Waals surface area (Å²) in [6.07, 6.45) is 0.824. The molecule has 2 aromatic rings. The zero-order chi connectivity index (χ0) is 15.3. The first kappa shape index (κ1) is 14.6. The molecule has 21 heavy (non-hydrogen) atoms. The van der Waals surface area contributed by atoms with Gasteiger partial charge < -0.3 is 9.73 Å². The Bertz CT molecular complexity index is 774. The molecule has 5 heteroatoms. The van der Waals surface area contributed by atoms with Crippen molar-refractivity contribution in [2.24, 2.45) is 0 Å². The van der Waals surface area contributed by atoms with Crippen LogP contribution in [0.2, 0.25) is 0 Å². The third-order valence-electron chi connectivity index (χ3n) is 3.97. The molecule has 1 aromatic carbocycles. The van der Waals surface area contributed by atoms with Gasteiger partial charge in [0.1, 0.15) is 11.3 Å². The zero-order valence-electron chi connectivity index (χ0n) is 12.6. The van der Waals surface area contributed by atoms with Gasteiger partial charge in [0.05, 0.1) is 17.5 Å². The first-order chi connectivity index (χ1) is 9.81. The summed E-state index contributed by atoms with van der Waals surface area (Å²) in [6, 6.07) is 7.60. The monoisotopic (exact) mass is 307 g/mol. The largest absolute Gasteiger partial charge is 0.459 e. The van der Waals surface area contributed by atoms with Gasteiger partial charge in [0.2, 0.25) is 0 Å². The number of benzene rings is 1. The standard InChI is InChI=1S/C16H21NO3S/c1-4-11-12-7-5-6-8-14(12)20-15(11)13-9-21(18,19)10-16(2,3)17-13/h5-8,13,17H,4,9-10H2,1-3H3. The number of hydrogen-bond acceptors (Lipinski definition) is 4.